The van der Waals surface area contributed by atoms with Gasteiger partial charge in [-0.25, -0.2) is 0 Å². The molecule has 88 valence electrons. The van der Waals surface area contributed by atoms with Crippen LogP contribution in [0.2, 0.25) is 9.45 Å². The van der Waals surface area contributed by atoms with Gasteiger partial charge in [-0.1, -0.05) is 0 Å². The van der Waals surface area contributed by atoms with Gasteiger partial charge in [-0.2, -0.15) is 0 Å². The zero-order valence-corrected chi connectivity index (χ0v) is 11.9. The summed E-state index contributed by atoms with van der Waals surface area (Å²) >= 11 is -2.16. The van der Waals surface area contributed by atoms with Gasteiger partial charge in [0.05, 0.1) is 0 Å². The molecule has 0 fully saturated rings. The standard InChI is InChI=1S/2C5H5.2C3H5.Ti/c2*1-2-4-5-3-1;2*1-3-2;/h2*1-3H,4H2;2*3H,1-2H2;. The van der Waals surface area contributed by atoms with Gasteiger partial charge in [0, 0.05) is 0 Å². The van der Waals surface area contributed by atoms with Crippen molar-refractivity contribution in [2.24, 2.45) is 0 Å². The van der Waals surface area contributed by atoms with E-state index in [9.17, 15) is 0 Å². The topological polar surface area (TPSA) is 0 Å². The van der Waals surface area contributed by atoms with Crippen LogP contribution in [0.1, 0.15) is 12.8 Å². The zero-order chi connectivity index (χ0) is 12.1. The molecule has 1 heteroatoms. The van der Waals surface area contributed by atoms with Gasteiger partial charge < -0.3 is 0 Å². The normalized spacial score (nSPS) is 18.1. The van der Waals surface area contributed by atoms with Crippen molar-refractivity contribution in [2.45, 2.75) is 22.3 Å². The Morgan fingerprint density at radius 1 is 0.941 bits per heavy atom. The Kier molecular flexibility index (Phi) is 4.20. The fourth-order valence-electron chi connectivity index (χ4n) is 2.91. The molecule has 0 amide bonds. The monoisotopic (exact) mass is 260 g/mol. The minimum atomic E-state index is -2.16. The van der Waals surface area contributed by atoms with E-state index in [1.807, 2.05) is 0 Å². The first-order chi connectivity index (χ1) is 8.33. The van der Waals surface area contributed by atoms with Crippen molar-refractivity contribution in [1.82, 2.24) is 0 Å². The van der Waals surface area contributed by atoms with Crippen LogP contribution in [0.5, 0.6) is 0 Å². The predicted octanol–water partition coefficient (Wildman–Crippen LogP) is 5.04. The van der Waals surface area contributed by atoms with Gasteiger partial charge in [0.1, 0.15) is 0 Å². The third-order valence-electron chi connectivity index (χ3n) is 3.76. The molecule has 0 aliphatic heterocycles. The van der Waals surface area contributed by atoms with Crippen LogP contribution in [-0.2, 0) is 16.6 Å². The number of rotatable bonds is 6. The van der Waals surface area contributed by atoms with Crippen LogP contribution in [0.25, 0.3) is 0 Å². The maximum absolute atomic E-state index is 3.99. The summed E-state index contributed by atoms with van der Waals surface area (Å²) in [5.74, 6) is 0. The number of allylic oxidation sites excluding steroid dienone is 10. The van der Waals surface area contributed by atoms with Gasteiger partial charge in [0.15, 0.2) is 0 Å². The van der Waals surface area contributed by atoms with Crippen LogP contribution in [0, 0.1) is 0 Å². The van der Waals surface area contributed by atoms with E-state index in [0.29, 0.717) is 0 Å². The summed E-state index contributed by atoms with van der Waals surface area (Å²) in [5, 5.41) is 0. The molecule has 0 aromatic rings. The van der Waals surface area contributed by atoms with E-state index in [-0.39, 0.29) is 0 Å². The average Bonchev–Trinajstić information content (AvgIpc) is 3.02. The second kappa shape index (κ2) is 5.66. The summed E-state index contributed by atoms with van der Waals surface area (Å²) in [6.07, 6.45) is 20.3. The molecule has 0 aromatic carbocycles. The SMILES string of the molecule is C=C[CH2][Ti]([CH2]C=C)([C]1=CC=CC1)[C]1=CC=CC1. The Hall–Kier alpha value is -0.846. The van der Waals surface area contributed by atoms with E-state index in [4.69, 9.17) is 0 Å². The first-order valence-corrected chi connectivity index (χ1v) is 10.0. The van der Waals surface area contributed by atoms with Crippen LogP contribution in [0.4, 0.5) is 0 Å². The summed E-state index contributed by atoms with van der Waals surface area (Å²) in [5.41, 5.74) is 0. The Balaban J connectivity index is 2.37. The van der Waals surface area contributed by atoms with Gasteiger partial charge in [-0.3, -0.25) is 0 Å². The molecule has 0 N–H and O–H groups in total. The van der Waals surface area contributed by atoms with E-state index in [0.717, 1.165) is 12.8 Å². The molecule has 0 unspecified atom stereocenters. The summed E-state index contributed by atoms with van der Waals surface area (Å²) in [6, 6.07) is 0. The van der Waals surface area contributed by atoms with E-state index in [1.165, 1.54) is 9.45 Å². The molecule has 2 rings (SSSR count). The summed E-state index contributed by atoms with van der Waals surface area (Å²) in [7, 11) is 0. The van der Waals surface area contributed by atoms with Gasteiger partial charge in [-0.15, -0.1) is 0 Å². The third-order valence-corrected chi connectivity index (χ3v) is 11.8. The van der Waals surface area contributed by atoms with Crippen molar-refractivity contribution in [3.63, 3.8) is 0 Å². The van der Waals surface area contributed by atoms with Crippen molar-refractivity contribution in [3.05, 3.63) is 69.5 Å². The van der Waals surface area contributed by atoms with Crippen LogP contribution in [-0.4, -0.2) is 0 Å². The number of hydrogen-bond donors (Lipinski definition) is 0. The Morgan fingerprint density at radius 2 is 1.41 bits per heavy atom. The molecule has 0 saturated heterocycles. The van der Waals surface area contributed by atoms with E-state index < -0.39 is 16.6 Å². The van der Waals surface area contributed by atoms with Crippen molar-refractivity contribution in [1.29, 1.82) is 0 Å². The molecular weight excluding hydrogens is 240 g/mol. The summed E-state index contributed by atoms with van der Waals surface area (Å²) in [6.45, 7) is 7.98. The molecular formula is C16H20Ti. The van der Waals surface area contributed by atoms with Crippen LogP contribution < -0.4 is 0 Å². The molecule has 2 aliphatic rings. The second-order valence-electron chi connectivity index (χ2n) is 4.72. The van der Waals surface area contributed by atoms with Gasteiger partial charge >= 0.3 is 108 Å². The van der Waals surface area contributed by atoms with Crippen LogP contribution >= 0.6 is 0 Å². The predicted molar refractivity (Wildman–Crippen MR) is 73.7 cm³/mol. The molecule has 0 spiro atoms. The van der Waals surface area contributed by atoms with Gasteiger partial charge in [0.2, 0.25) is 0 Å². The van der Waals surface area contributed by atoms with E-state index >= 15 is 0 Å². The second-order valence-corrected chi connectivity index (χ2v) is 11.4. The zero-order valence-electron chi connectivity index (χ0n) is 10.4. The van der Waals surface area contributed by atoms with Crippen molar-refractivity contribution in [3.8, 4) is 0 Å². The molecule has 0 radical (unpaired) electrons. The molecule has 0 bridgehead atoms. The third kappa shape index (κ3) is 2.39. The number of hydrogen-bond acceptors (Lipinski definition) is 0. The summed E-state index contributed by atoms with van der Waals surface area (Å²) < 4.78 is 5.76. The van der Waals surface area contributed by atoms with Gasteiger partial charge in [-0.05, 0) is 0 Å². The first-order valence-electron chi connectivity index (χ1n) is 6.27. The molecule has 0 nitrogen and oxygen atoms in total. The Morgan fingerprint density at radius 3 is 1.71 bits per heavy atom. The molecule has 0 aromatic heterocycles. The molecule has 0 atom stereocenters. The molecule has 0 saturated carbocycles. The van der Waals surface area contributed by atoms with Crippen LogP contribution in [0.3, 0.4) is 0 Å². The fourth-order valence-corrected chi connectivity index (χ4v) is 9.88. The maximum atomic E-state index is 3.99. The minimum absolute atomic E-state index is 1.15. The quantitative estimate of drug-likeness (QED) is 0.463. The molecule has 17 heavy (non-hydrogen) atoms. The molecule has 0 heterocycles. The van der Waals surface area contributed by atoms with E-state index in [2.05, 4.69) is 61.8 Å². The van der Waals surface area contributed by atoms with Crippen molar-refractivity contribution < 1.29 is 16.6 Å². The fraction of sp³-hybridized carbons (Fsp3) is 0.250. The van der Waals surface area contributed by atoms with Gasteiger partial charge in [0.25, 0.3) is 0 Å². The Bertz CT molecular complexity index is 390. The van der Waals surface area contributed by atoms with Crippen molar-refractivity contribution in [2.75, 3.05) is 0 Å². The summed E-state index contributed by atoms with van der Waals surface area (Å²) in [4.78, 5) is 0. The van der Waals surface area contributed by atoms with Crippen molar-refractivity contribution >= 4 is 0 Å². The van der Waals surface area contributed by atoms with E-state index in [1.54, 1.807) is 7.76 Å². The van der Waals surface area contributed by atoms with Crippen LogP contribution in [0.15, 0.2) is 69.5 Å². The first kappa shape index (κ1) is 12.6. The Labute approximate surface area is 108 Å². The molecule has 2 aliphatic carbocycles. The average molecular weight is 260 g/mol.